The van der Waals surface area contributed by atoms with Gasteiger partial charge in [0.05, 0.1) is 12.1 Å². The fourth-order valence-corrected chi connectivity index (χ4v) is 3.17. The summed E-state index contributed by atoms with van der Waals surface area (Å²) in [6.07, 6.45) is 4.39. The number of hydrogen-bond donors (Lipinski definition) is 2. The molecule has 3 heterocycles. The maximum Gasteiger partial charge on any atom is 0.243 e. The molecule has 1 aliphatic carbocycles. The lowest BCUT2D eigenvalue weighted by atomic mass is 9.69. The van der Waals surface area contributed by atoms with Crippen molar-refractivity contribution in [1.82, 2.24) is 14.6 Å². The first-order valence-electron chi connectivity index (χ1n) is 6.78. The lowest BCUT2D eigenvalue weighted by Crippen LogP contribution is -2.69. The van der Waals surface area contributed by atoms with E-state index in [1.807, 2.05) is 24.4 Å². The van der Waals surface area contributed by atoms with Crippen LogP contribution in [0.2, 0.25) is 0 Å². The summed E-state index contributed by atoms with van der Waals surface area (Å²) in [5, 5.41) is 7.71. The molecule has 19 heavy (non-hydrogen) atoms. The minimum atomic E-state index is 0.128. The van der Waals surface area contributed by atoms with E-state index in [-0.39, 0.29) is 18.2 Å². The number of nitrogens with zero attached hydrogens (tertiary/aromatic N) is 3. The summed E-state index contributed by atoms with van der Waals surface area (Å²) >= 11 is 0. The van der Waals surface area contributed by atoms with Crippen molar-refractivity contribution >= 4 is 11.6 Å². The fourth-order valence-electron chi connectivity index (χ4n) is 3.17. The second-order valence-electron chi connectivity index (χ2n) is 5.33. The van der Waals surface area contributed by atoms with Crippen LogP contribution in [-0.2, 0) is 4.74 Å². The number of pyridine rings is 1. The van der Waals surface area contributed by atoms with Crippen LogP contribution in [0.4, 0.5) is 5.95 Å². The highest BCUT2D eigenvalue weighted by atomic mass is 16.5. The second-order valence-corrected chi connectivity index (χ2v) is 5.33. The van der Waals surface area contributed by atoms with Gasteiger partial charge < -0.3 is 15.8 Å². The van der Waals surface area contributed by atoms with Gasteiger partial charge in [0, 0.05) is 24.8 Å². The fraction of sp³-hybridized carbons (Fsp3) is 0.538. The van der Waals surface area contributed by atoms with Crippen molar-refractivity contribution in [1.29, 1.82) is 0 Å². The molecule has 4 unspecified atom stereocenters. The molecule has 0 amide bonds. The Morgan fingerprint density at radius 1 is 1.42 bits per heavy atom. The first-order valence-corrected chi connectivity index (χ1v) is 6.78. The molecule has 6 nitrogen and oxygen atoms in total. The summed E-state index contributed by atoms with van der Waals surface area (Å²) in [6, 6.07) is 6.07. The smallest absolute Gasteiger partial charge is 0.243 e. The maximum absolute atomic E-state index is 6.21. The molecule has 0 radical (unpaired) electrons. The maximum atomic E-state index is 6.21. The first kappa shape index (κ1) is 11.2. The number of anilines is 1. The monoisotopic (exact) mass is 259 g/mol. The van der Waals surface area contributed by atoms with Crippen LogP contribution in [0.5, 0.6) is 0 Å². The number of fused-ring (bicyclic) bond motifs is 2. The van der Waals surface area contributed by atoms with Crippen LogP contribution in [-0.4, -0.2) is 39.4 Å². The van der Waals surface area contributed by atoms with Crippen LogP contribution in [0.1, 0.15) is 12.8 Å². The number of nitrogens with two attached hydrogens (primary N) is 1. The van der Waals surface area contributed by atoms with Crippen molar-refractivity contribution in [3.63, 3.8) is 0 Å². The molecule has 4 rings (SSSR count). The van der Waals surface area contributed by atoms with Gasteiger partial charge in [-0.25, -0.2) is 4.52 Å². The summed E-state index contributed by atoms with van der Waals surface area (Å²) in [7, 11) is 0. The molecule has 1 saturated carbocycles. The van der Waals surface area contributed by atoms with E-state index in [0.717, 1.165) is 18.7 Å². The number of rotatable bonds is 2. The van der Waals surface area contributed by atoms with Crippen molar-refractivity contribution in [2.24, 2.45) is 11.7 Å². The highest BCUT2D eigenvalue weighted by Crippen LogP contribution is 2.38. The van der Waals surface area contributed by atoms with Crippen LogP contribution >= 0.6 is 0 Å². The number of hydrogen-bond acceptors (Lipinski definition) is 5. The Hall–Kier alpha value is -1.66. The van der Waals surface area contributed by atoms with Gasteiger partial charge in [0.2, 0.25) is 5.95 Å². The topological polar surface area (TPSA) is 77.5 Å². The molecular formula is C13H17N5O. The average molecular weight is 259 g/mol. The average Bonchev–Trinajstić information content (AvgIpc) is 2.87. The Labute approximate surface area is 111 Å². The van der Waals surface area contributed by atoms with Crippen molar-refractivity contribution in [3.8, 4) is 0 Å². The van der Waals surface area contributed by atoms with E-state index in [0.29, 0.717) is 11.9 Å². The molecular weight excluding hydrogens is 242 g/mol. The van der Waals surface area contributed by atoms with Gasteiger partial charge in [0.25, 0.3) is 0 Å². The minimum Gasteiger partial charge on any atom is -0.376 e. The zero-order valence-electron chi connectivity index (χ0n) is 10.6. The van der Waals surface area contributed by atoms with Gasteiger partial charge in [-0.05, 0) is 25.0 Å². The molecule has 0 aromatic carbocycles. The summed E-state index contributed by atoms with van der Waals surface area (Å²) in [6.45, 7) is 0.838. The Bertz CT molecular complexity index is 564. The van der Waals surface area contributed by atoms with Gasteiger partial charge in [-0.2, -0.15) is 4.98 Å². The van der Waals surface area contributed by atoms with Crippen LogP contribution < -0.4 is 11.1 Å². The summed E-state index contributed by atoms with van der Waals surface area (Å²) in [5.41, 5.74) is 7.05. The molecule has 1 saturated heterocycles. The predicted octanol–water partition coefficient (Wildman–Crippen LogP) is 0.646. The van der Waals surface area contributed by atoms with Crippen LogP contribution in [0.15, 0.2) is 24.4 Å². The van der Waals surface area contributed by atoms with E-state index in [4.69, 9.17) is 10.5 Å². The normalized spacial score (nSPS) is 33.7. The zero-order valence-corrected chi connectivity index (χ0v) is 10.6. The lowest BCUT2D eigenvalue weighted by molar-refractivity contribution is -0.104. The van der Waals surface area contributed by atoms with E-state index >= 15 is 0 Å². The lowest BCUT2D eigenvalue weighted by Gasteiger charge is -2.52. The van der Waals surface area contributed by atoms with Gasteiger partial charge in [-0.3, -0.25) is 0 Å². The Kier molecular flexibility index (Phi) is 2.46. The van der Waals surface area contributed by atoms with Crippen molar-refractivity contribution in [3.05, 3.63) is 24.4 Å². The highest BCUT2D eigenvalue weighted by Gasteiger charge is 2.50. The van der Waals surface area contributed by atoms with Gasteiger partial charge in [0.15, 0.2) is 5.65 Å². The van der Waals surface area contributed by atoms with Crippen LogP contribution in [0.25, 0.3) is 5.65 Å². The minimum absolute atomic E-state index is 0.128. The van der Waals surface area contributed by atoms with E-state index in [9.17, 15) is 0 Å². The largest absolute Gasteiger partial charge is 0.376 e. The molecule has 100 valence electrons. The quantitative estimate of drug-likeness (QED) is 0.828. The highest BCUT2D eigenvalue weighted by molar-refractivity contribution is 5.44. The van der Waals surface area contributed by atoms with Crippen LogP contribution in [0.3, 0.4) is 0 Å². The van der Waals surface area contributed by atoms with E-state index in [1.165, 1.54) is 6.42 Å². The Morgan fingerprint density at radius 3 is 3.26 bits per heavy atom. The zero-order chi connectivity index (χ0) is 12.8. The number of nitrogens with one attached hydrogen (secondary N) is 1. The van der Waals surface area contributed by atoms with E-state index in [1.54, 1.807) is 4.52 Å². The van der Waals surface area contributed by atoms with Crippen molar-refractivity contribution < 1.29 is 4.74 Å². The van der Waals surface area contributed by atoms with E-state index < -0.39 is 0 Å². The molecule has 3 N–H and O–H groups in total. The van der Waals surface area contributed by atoms with Gasteiger partial charge >= 0.3 is 0 Å². The number of aromatic nitrogens is 3. The molecule has 2 fully saturated rings. The molecule has 6 heteroatoms. The number of ether oxygens (including phenoxy) is 1. The summed E-state index contributed by atoms with van der Waals surface area (Å²) in [5.74, 6) is 1.11. The standard InChI is InChI=1S/C13H17N5O/c14-10-8-4-3-7-19-12(8)11(10)16-13-15-9-5-1-2-6-18(9)17-13/h1-2,5-6,8,10-12H,3-4,7,14H2,(H,16,17). The molecule has 2 aromatic rings. The molecule has 0 bridgehead atoms. The first-order chi connectivity index (χ1) is 9.33. The van der Waals surface area contributed by atoms with Gasteiger partial charge in [-0.1, -0.05) is 6.07 Å². The van der Waals surface area contributed by atoms with Gasteiger partial charge in [0.1, 0.15) is 0 Å². The molecule has 1 aliphatic heterocycles. The Morgan fingerprint density at radius 2 is 2.37 bits per heavy atom. The van der Waals surface area contributed by atoms with Crippen molar-refractivity contribution in [2.75, 3.05) is 11.9 Å². The Balaban J connectivity index is 1.54. The summed E-state index contributed by atoms with van der Waals surface area (Å²) in [4.78, 5) is 4.44. The molecule has 4 atom stereocenters. The molecule has 2 aliphatic rings. The SMILES string of the molecule is NC1C2CCCOC2C1Nc1nc2ccccn2n1. The molecule has 2 aromatic heterocycles. The second kappa shape index (κ2) is 4.18. The third kappa shape index (κ3) is 1.71. The van der Waals surface area contributed by atoms with Gasteiger partial charge in [-0.15, -0.1) is 5.10 Å². The van der Waals surface area contributed by atoms with Crippen LogP contribution in [0, 0.1) is 5.92 Å². The van der Waals surface area contributed by atoms with Crippen molar-refractivity contribution in [2.45, 2.75) is 31.0 Å². The summed E-state index contributed by atoms with van der Waals surface area (Å²) < 4.78 is 7.56. The third-order valence-corrected chi connectivity index (χ3v) is 4.21. The van der Waals surface area contributed by atoms with E-state index in [2.05, 4.69) is 15.4 Å². The molecule has 0 spiro atoms. The third-order valence-electron chi connectivity index (χ3n) is 4.21. The predicted molar refractivity (Wildman–Crippen MR) is 70.8 cm³/mol.